The van der Waals surface area contributed by atoms with Crippen LogP contribution in [0.2, 0.25) is 0 Å². The van der Waals surface area contributed by atoms with Gasteiger partial charge >= 0.3 is 0 Å². The summed E-state index contributed by atoms with van der Waals surface area (Å²) < 4.78 is 3.32. The molecule has 0 radical (unpaired) electrons. The van der Waals surface area contributed by atoms with E-state index in [0.29, 0.717) is 29.1 Å². The molecule has 0 aliphatic heterocycles. The van der Waals surface area contributed by atoms with E-state index < -0.39 is 0 Å². The summed E-state index contributed by atoms with van der Waals surface area (Å²) in [6.07, 6.45) is 3.16. The van der Waals surface area contributed by atoms with Crippen LogP contribution in [0.3, 0.4) is 0 Å². The summed E-state index contributed by atoms with van der Waals surface area (Å²) in [5.41, 5.74) is 1.24. The second-order valence-electron chi connectivity index (χ2n) is 8.31. The minimum atomic E-state index is -0.182. The topological polar surface area (TPSA) is 94.7 Å². The standard InChI is InChI=1S/C23H24N6O2/c1-23(2,3)19-14-21(29(27-19)20-10-6-7-12-24-20)26-22(31)11-13-28-17-9-5-4-8-16(17)18(30)15-25-28/h4-10,12,14-15H,11,13H2,1-3H3,(H,26,31). The number of carbonyl (C=O) groups excluding carboxylic acids is 1. The summed E-state index contributed by atoms with van der Waals surface area (Å²) in [6, 6.07) is 14.7. The highest BCUT2D eigenvalue weighted by molar-refractivity contribution is 5.90. The lowest BCUT2D eigenvalue weighted by molar-refractivity contribution is -0.116. The number of hydrogen-bond acceptors (Lipinski definition) is 5. The predicted molar refractivity (Wildman–Crippen MR) is 119 cm³/mol. The molecule has 0 atom stereocenters. The van der Waals surface area contributed by atoms with E-state index in [1.165, 1.54) is 6.20 Å². The summed E-state index contributed by atoms with van der Waals surface area (Å²) in [6.45, 7) is 6.54. The molecule has 3 aromatic heterocycles. The highest BCUT2D eigenvalue weighted by Gasteiger charge is 2.22. The van der Waals surface area contributed by atoms with E-state index in [-0.39, 0.29) is 23.2 Å². The minimum Gasteiger partial charge on any atom is -0.310 e. The van der Waals surface area contributed by atoms with Crippen molar-refractivity contribution in [2.24, 2.45) is 0 Å². The van der Waals surface area contributed by atoms with Crippen LogP contribution in [0.5, 0.6) is 0 Å². The van der Waals surface area contributed by atoms with Gasteiger partial charge in [-0.15, -0.1) is 0 Å². The van der Waals surface area contributed by atoms with Gasteiger partial charge in [-0.1, -0.05) is 39.0 Å². The van der Waals surface area contributed by atoms with Crippen LogP contribution in [0.1, 0.15) is 32.9 Å². The van der Waals surface area contributed by atoms with Crippen LogP contribution in [0.15, 0.2) is 65.7 Å². The number of amides is 1. The summed E-state index contributed by atoms with van der Waals surface area (Å²) in [7, 11) is 0. The van der Waals surface area contributed by atoms with Gasteiger partial charge in [0.25, 0.3) is 0 Å². The smallest absolute Gasteiger partial charge is 0.227 e. The van der Waals surface area contributed by atoms with Crippen LogP contribution in [-0.2, 0) is 16.8 Å². The molecule has 0 saturated heterocycles. The van der Waals surface area contributed by atoms with Crippen LogP contribution >= 0.6 is 0 Å². The number of rotatable bonds is 5. The van der Waals surface area contributed by atoms with Gasteiger partial charge in [0.2, 0.25) is 11.3 Å². The zero-order valence-corrected chi connectivity index (χ0v) is 17.7. The Kier molecular flexibility index (Phi) is 5.37. The first kappa shape index (κ1) is 20.5. The van der Waals surface area contributed by atoms with E-state index in [4.69, 9.17) is 0 Å². The maximum absolute atomic E-state index is 12.8. The first-order chi connectivity index (χ1) is 14.8. The summed E-state index contributed by atoms with van der Waals surface area (Å²) in [5, 5.41) is 12.4. The molecule has 0 fully saturated rings. The van der Waals surface area contributed by atoms with E-state index >= 15 is 0 Å². The number of aryl methyl sites for hydroxylation is 1. The van der Waals surface area contributed by atoms with Gasteiger partial charge in [0.1, 0.15) is 5.82 Å². The third-order valence-corrected chi connectivity index (χ3v) is 4.92. The van der Waals surface area contributed by atoms with E-state index in [2.05, 4.69) is 41.3 Å². The van der Waals surface area contributed by atoms with Crippen molar-refractivity contribution in [1.29, 1.82) is 0 Å². The van der Waals surface area contributed by atoms with E-state index in [9.17, 15) is 9.59 Å². The Balaban J connectivity index is 1.56. The molecular weight excluding hydrogens is 392 g/mol. The highest BCUT2D eigenvalue weighted by atomic mass is 16.1. The van der Waals surface area contributed by atoms with Crippen LogP contribution < -0.4 is 10.7 Å². The Labute approximate surface area is 179 Å². The molecule has 0 aliphatic rings. The fraction of sp³-hybridized carbons (Fsp3) is 0.261. The Hall–Kier alpha value is -3.81. The van der Waals surface area contributed by atoms with E-state index in [0.717, 1.165) is 5.69 Å². The lowest BCUT2D eigenvalue weighted by Gasteiger charge is -2.13. The number of nitrogens with one attached hydrogen (secondary N) is 1. The molecular formula is C23H24N6O2. The Morgan fingerprint density at radius 2 is 1.87 bits per heavy atom. The summed E-state index contributed by atoms with van der Waals surface area (Å²) in [5.74, 6) is 1.01. The van der Waals surface area contributed by atoms with Gasteiger partial charge in [0.15, 0.2) is 5.82 Å². The van der Waals surface area contributed by atoms with Crippen molar-refractivity contribution in [2.75, 3.05) is 5.32 Å². The van der Waals surface area contributed by atoms with Gasteiger partial charge in [-0.2, -0.15) is 14.9 Å². The average molecular weight is 416 g/mol. The molecule has 158 valence electrons. The van der Waals surface area contributed by atoms with Crippen LogP contribution in [0, 0.1) is 0 Å². The van der Waals surface area contributed by atoms with Crippen molar-refractivity contribution in [2.45, 2.75) is 39.2 Å². The van der Waals surface area contributed by atoms with Gasteiger partial charge < -0.3 is 5.32 Å². The molecule has 1 N–H and O–H groups in total. The highest BCUT2D eigenvalue weighted by Crippen LogP contribution is 2.25. The number of fused-ring (bicyclic) bond motifs is 1. The number of aromatic nitrogens is 5. The maximum atomic E-state index is 12.8. The van der Waals surface area contributed by atoms with Gasteiger partial charge in [0, 0.05) is 29.5 Å². The molecule has 31 heavy (non-hydrogen) atoms. The average Bonchev–Trinajstić information content (AvgIpc) is 3.18. The second-order valence-corrected chi connectivity index (χ2v) is 8.31. The number of anilines is 1. The van der Waals surface area contributed by atoms with Gasteiger partial charge in [-0.25, -0.2) is 4.98 Å². The quantitative estimate of drug-likeness (QED) is 0.539. The van der Waals surface area contributed by atoms with Crippen LogP contribution in [0.25, 0.3) is 16.7 Å². The summed E-state index contributed by atoms with van der Waals surface area (Å²) >= 11 is 0. The monoisotopic (exact) mass is 416 g/mol. The molecule has 1 amide bonds. The Morgan fingerprint density at radius 3 is 2.61 bits per heavy atom. The van der Waals surface area contributed by atoms with Crippen molar-refractivity contribution in [3.63, 3.8) is 0 Å². The van der Waals surface area contributed by atoms with Crippen molar-refractivity contribution >= 4 is 22.6 Å². The zero-order valence-electron chi connectivity index (χ0n) is 17.7. The molecule has 0 saturated carbocycles. The molecule has 4 rings (SSSR count). The third-order valence-electron chi connectivity index (χ3n) is 4.92. The number of hydrogen-bond donors (Lipinski definition) is 1. The fourth-order valence-corrected chi connectivity index (χ4v) is 3.24. The lowest BCUT2D eigenvalue weighted by atomic mass is 9.92. The van der Waals surface area contributed by atoms with Crippen molar-refractivity contribution < 1.29 is 4.79 Å². The van der Waals surface area contributed by atoms with E-state index in [1.54, 1.807) is 21.6 Å². The number of benzene rings is 1. The fourth-order valence-electron chi connectivity index (χ4n) is 3.24. The lowest BCUT2D eigenvalue weighted by Crippen LogP contribution is -2.19. The van der Waals surface area contributed by atoms with Gasteiger partial charge in [-0.05, 0) is 24.3 Å². The first-order valence-corrected chi connectivity index (χ1v) is 10.1. The Bertz CT molecular complexity index is 1280. The minimum absolute atomic E-state index is 0.134. The predicted octanol–water partition coefficient (Wildman–Crippen LogP) is 3.30. The number of para-hydroxylation sites is 1. The zero-order chi connectivity index (χ0) is 22.0. The van der Waals surface area contributed by atoms with Crippen LogP contribution in [-0.4, -0.2) is 30.5 Å². The maximum Gasteiger partial charge on any atom is 0.227 e. The van der Waals surface area contributed by atoms with E-state index in [1.807, 2.05) is 42.5 Å². The molecule has 0 bridgehead atoms. The number of carbonyl (C=O) groups is 1. The number of pyridine rings is 1. The molecule has 3 heterocycles. The summed E-state index contributed by atoms with van der Waals surface area (Å²) in [4.78, 5) is 29.1. The third kappa shape index (κ3) is 4.37. The molecule has 4 aromatic rings. The largest absolute Gasteiger partial charge is 0.310 e. The molecule has 8 nitrogen and oxygen atoms in total. The van der Waals surface area contributed by atoms with Gasteiger partial charge in [-0.3, -0.25) is 14.3 Å². The van der Waals surface area contributed by atoms with Crippen molar-refractivity contribution in [1.82, 2.24) is 24.5 Å². The molecule has 1 aromatic carbocycles. The SMILES string of the molecule is CC(C)(C)c1cc(NC(=O)CCn2ncc(=O)c3ccccc32)n(-c2ccccn2)n1. The molecule has 0 aliphatic carbocycles. The van der Waals surface area contributed by atoms with Crippen molar-refractivity contribution in [3.8, 4) is 5.82 Å². The molecule has 0 unspecified atom stereocenters. The van der Waals surface area contributed by atoms with Crippen molar-refractivity contribution in [3.05, 3.63) is 76.8 Å². The number of nitrogens with zero attached hydrogens (tertiary/aromatic N) is 5. The van der Waals surface area contributed by atoms with Crippen LogP contribution in [0.4, 0.5) is 5.82 Å². The second kappa shape index (κ2) is 8.14. The molecule has 8 heteroatoms. The first-order valence-electron chi connectivity index (χ1n) is 10.1. The normalized spacial score (nSPS) is 11.6. The van der Waals surface area contributed by atoms with Gasteiger partial charge in [0.05, 0.1) is 24.0 Å². The molecule has 0 spiro atoms. The Morgan fingerprint density at radius 1 is 1.10 bits per heavy atom.